The second-order valence-corrected chi connectivity index (χ2v) is 21.4. The van der Waals surface area contributed by atoms with Gasteiger partial charge in [-0.15, -0.1) is 0 Å². The highest BCUT2D eigenvalue weighted by atomic mass is 79.9. The predicted octanol–water partition coefficient (Wildman–Crippen LogP) is 18.2. The van der Waals surface area contributed by atoms with Crippen LogP contribution in [0, 0.1) is 207 Å². The molecule has 0 atom stereocenters. The molecule has 0 fully saturated rings. The van der Waals surface area contributed by atoms with Crippen molar-refractivity contribution in [1.29, 1.82) is 0 Å². The fourth-order valence-corrected chi connectivity index (χ4v) is 6.93. The fourth-order valence-electron chi connectivity index (χ4n) is 6.02. The van der Waals surface area contributed by atoms with Crippen molar-refractivity contribution in [2.24, 2.45) is 0 Å². The maximum atomic E-state index is 12.5. The third-order valence-electron chi connectivity index (χ3n) is 12.4. The minimum Gasteiger partial charge on any atom is -0.258 e. The van der Waals surface area contributed by atoms with Crippen molar-refractivity contribution in [3.05, 3.63) is 227 Å². The monoisotopic (exact) mass is 1470 g/mol. The number of nitrogens with zero attached hydrogens (tertiary/aromatic N) is 14. The Morgan fingerprint density at radius 2 is 0.609 bits per heavy atom. The van der Waals surface area contributed by atoms with Crippen LogP contribution in [-0.4, -0.2) is 70.0 Å². The minimum atomic E-state index is -1.64. The largest absolute Gasteiger partial charge is 0.314 e. The van der Waals surface area contributed by atoms with Crippen LogP contribution in [0.4, 0.5) is 61.5 Å². The topological polar surface area (TPSA) is 180 Å². The summed E-state index contributed by atoms with van der Waals surface area (Å²) in [5.74, 6) is -18.5. The lowest BCUT2D eigenvalue weighted by molar-refractivity contribution is 0.399. The van der Waals surface area contributed by atoms with Crippen molar-refractivity contribution in [2.75, 3.05) is 0 Å². The molecule has 34 heteroatoms. The number of pyridine rings is 4. The average Bonchev–Trinajstić information content (AvgIpc) is 1.03. The summed E-state index contributed by atoms with van der Waals surface area (Å²) in [6, 6.07) is 0.0949. The van der Waals surface area contributed by atoms with Gasteiger partial charge in [0.1, 0.15) is 21.0 Å². The number of hydrogen-bond donors (Lipinski definition) is 0. The van der Waals surface area contributed by atoms with Crippen molar-refractivity contribution in [2.45, 2.75) is 125 Å². The summed E-state index contributed by atoms with van der Waals surface area (Å²) in [7, 11) is 0. The van der Waals surface area contributed by atoms with Crippen LogP contribution in [0.2, 0.25) is 25.5 Å². The lowest BCUT2D eigenvalue weighted by atomic mass is 10.0. The molecule has 9 heterocycles. The lowest BCUT2D eigenvalue weighted by Crippen LogP contribution is -2.02. The maximum absolute atomic E-state index is 12.5. The zero-order valence-corrected chi connectivity index (χ0v) is 57.3. The van der Waals surface area contributed by atoms with Crippen molar-refractivity contribution in [3.63, 3.8) is 0 Å². The molecule has 0 unspecified atom stereocenters. The molecule has 0 saturated heterocycles. The van der Waals surface area contributed by atoms with Crippen LogP contribution >= 0.6 is 73.9 Å². The number of halogens is 20. The van der Waals surface area contributed by atoms with Gasteiger partial charge in [-0.2, -0.15) is 74.6 Å². The van der Waals surface area contributed by atoms with Crippen LogP contribution in [0.15, 0.2) is 16.7 Å². The Balaban J connectivity index is 0.000000518. The maximum Gasteiger partial charge on any atom is 0.314 e. The first-order chi connectivity index (χ1) is 42.4. The summed E-state index contributed by atoms with van der Waals surface area (Å²) in [6.45, 7) is 35.5. The van der Waals surface area contributed by atoms with Gasteiger partial charge in [-0.3, -0.25) is 15.0 Å². The Bertz CT molecular complexity index is 3540. The van der Waals surface area contributed by atoms with E-state index in [1.165, 1.54) is 39.6 Å². The van der Waals surface area contributed by atoms with E-state index in [1.54, 1.807) is 0 Å². The predicted molar refractivity (Wildman–Crippen MR) is 325 cm³/mol. The molecule has 0 bridgehead atoms. The summed E-state index contributed by atoms with van der Waals surface area (Å²) in [6.07, 6.45) is 0.0249. The summed E-state index contributed by atoms with van der Waals surface area (Å²) >= 11 is 28.9. The van der Waals surface area contributed by atoms with Gasteiger partial charge in [-0.25, -0.2) is 41.9 Å². The molecule has 92 heavy (non-hydrogen) atoms. The molecule has 0 amide bonds. The summed E-state index contributed by atoms with van der Waals surface area (Å²) in [5, 5.41) is 5.75. The zero-order valence-electron chi connectivity index (χ0n) is 52.0. The minimum absolute atomic E-state index is 0.0949. The third-order valence-corrected chi connectivity index (χ3v) is 14.7. The van der Waals surface area contributed by atoms with E-state index in [0.717, 1.165) is 69.7 Å². The molecule has 498 valence electrons. The quantitative estimate of drug-likeness (QED) is 0.0605. The van der Waals surface area contributed by atoms with Crippen LogP contribution in [0.3, 0.4) is 0 Å². The van der Waals surface area contributed by atoms with Crippen molar-refractivity contribution in [3.8, 4) is 0 Å². The first-order valence-corrected chi connectivity index (χ1v) is 28.4. The number of hydrogen-bond acceptors (Lipinski definition) is 14. The zero-order chi connectivity index (χ0) is 71.3. The molecular weight excluding hydrogens is 1420 g/mol. The molecule has 0 aliphatic carbocycles. The molecule has 0 radical (unpaired) electrons. The Morgan fingerprint density at radius 3 is 0.957 bits per heavy atom. The molecular formula is C58H56BrCl5F14N14. The van der Waals surface area contributed by atoms with Gasteiger partial charge < -0.3 is 0 Å². The van der Waals surface area contributed by atoms with Crippen molar-refractivity contribution < 1.29 is 61.5 Å². The SMILES string of the molecule is Cc1c(F)c(F)nc(F)c1F.Cc1nc(C)c(C)c(C)c1C.Cc1nc(C)c(C)c(C)n1.Cc1nc(C)c(C)nc1C.Cc1nnc(C)c(C)c1C.Clc1ncc(Br)c(Cl)n1.Fc1cc(F)c(F)nc1F.Fc1nc(F)c(Cl)c(F)c1Cl.Fc1nc(F)c(Cl)c(F)n1. The normalized spacial score (nSPS) is 10.1. The highest BCUT2D eigenvalue weighted by Gasteiger charge is 2.18. The van der Waals surface area contributed by atoms with Gasteiger partial charge in [0.15, 0.2) is 34.1 Å². The van der Waals surface area contributed by atoms with Gasteiger partial charge in [-0.05, 0) is 186 Å². The van der Waals surface area contributed by atoms with Crippen LogP contribution in [0.1, 0.15) is 102 Å². The van der Waals surface area contributed by atoms with Gasteiger partial charge in [0.25, 0.3) is 23.8 Å². The molecule has 9 rings (SSSR count). The van der Waals surface area contributed by atoms with Crippen LogP contribution in [0.25, 0.3) is 0 Å². The van der Waals surface area contributed by atoms with Crippen molar-refractivity contribution >= 4 is 73.9 Å². The van der Waals surface area contributed by atoms with E-state index in [0.29, 0.717) is 9.63 Å². The summed E-state index contributed by atoms with van der Waals surface area (Å²) in [4.78, 5) is 41.1. The second kappa shape index (κ2) is 38.2. The van der Waals surface area contributed by atoms with Crippen LogP contribution in [0.5, 0.6) is 0 Å². The molecule has 0 aliphatic rings. The first-order valence-electron chi connectivity index (χ1n) is 25.7. The van der Waals surface area contributed by atoms with Crippen LogP contribution in [-0.2, 0) is 0 Å². The van der Waals surface area contributed by atoms with E-state index in [-0.39, 0.29) is 11.3 Å². The van der Waals surface area contributed by atoms with E-state index in [1.807, 2.05) is 69.2 Å². The van der Waals surface area contributed by atoms with Crippen molar-refractivity contribution in [1.82, 2.24) is 70.0 Å². The Morgan fingerprint density at radius 1 is 0.293 bits per heavy atom. The third kappa shape index (κ3) is 25.8. The molecule has 0 saturated carbocycles. The van der Waals surface area contributed by atoms with E-state index < -0.39 is 103 Å². The molecule has 0 spiro atoms. The average molecular weight is 1470 g/mol. The van der Waals surface area contributed by atoms with Gasteiger partial charge >= 0.3 is 6.08 Å². The molecule has 0 aliphatic heterocycles. The van der Waals surface area contributed by atoms with E-state index in [2.05, 4.69) is 134 Å². The van der Waals surface area contributed by atoms with E-state index in [9.17, 15) is 61.5 Å². The lowest BCUT2D eigenvalue weighted by Gasteiger charge is -2.09. The molecule has 0 N–H and O–H groups in total. The number of aromatic nitrogens is 14. The van der Waals surface area contributed by atoms with Gasteiger partial charge in [0.2, 0.25) is 29.1 Å². The standard InChI is InChI=1S/C10H15N.3C8H12N2.C6H3F4N.C5Cl2F3N.C5HF4N.C4HBrCl2N2.C4ClF3N2/c1-6-7(2)9(4)11-10(5)8(6)3;1-5-6(2)10-8(4)7(3)9-5;1-5-6(2)9-8(4)10-7(5)3;1-5-6(2)8(4)10-9-7(5)3;1-2-3(7)5(9)11-6(10)4(2)8;6-1-3(8)2(7)5(10)11-4(1)9;6-2-1-3(7)5(9)10-4(2)8;5-2-1-8-4(7)9-3(2)6;5-1-2(6)9-4(8)10-3(1)7/h1-5H3;3*1-4H3;1H3;;1H;1H;. The first kappa shape index (κ1) is 83.0. The van der Waals surface area contributed by atoms with Gasteiger partial charge in [0.05, 0.1) is 38.6 Å². The summed E-state index contributed by atoms with van der Waals surface area (Å²) < 4.78 is 170. The Labute approximate surface area is 553 Å². The molecule has 9 aromatic heterocycles. The Kier molecular flexibility index (Phi) is 34.5. The number of aryl methyl sites for hydroxylation is 11. The van der Waals surface area contributed by atoms with Crippen LogP contribution < -0.4 is 0 Å². The highest BCUT2D eigenvalue weighted by molar-refractivity contribution is 9.10. The molecule has 0 aromatic carbocycles. The number of rotatable bonds is 0. The fraction of sp³-hybridized carbons (Fsp3) is 0.310. The Hall–Kier alpha value is -7.05. The molecule has 14 nitrogen and oxygen atoms in total. The molecule has 9 aromatic rings. The van der Waals surface area contributed by atoms with E-state index >= 15 is 0 Å². The van der Waals surface area contributed by atoms with Gasteiger partial charge in [-0.1, -0.05) is 46.4 Å². The smallest absolute Gasteiger partial charge is 0.258 e. The van der Waals surface area contributed by atoms with E-state index in [4.69, 9.17) is 58.0 Å². The highest BCUT2D eigenvalue weighted by Crippen LogP contribution is 2.26. The van der Waals surface area contributed by atoms with Gasteiger partial charge in [0, 0.05) is 40.6 Å². The summed E-state index contributed by atoms with van der Waals surface area (Å²) in [5.41, 5.74) is 17.7. The second-order valence-electron chi connectivity index (χ2n) is 18.7.